The molecule has 4 heteroatoms. The lowest BCUT2D eigenvalue weighted by Gasteiger charge is -2.16. The van der Waals surface area contributed by atoms with E-state index in [1.54, 1.807) is 0 Å². The third-order valence-electron chi connectivity index (χ3n) is 4.12. The Hall–Kier alpha value is -1.55. The Morgan fingerprint density at radius 2 is 2.00 bits per heavy atom. The number of carbonyl (C=O) groups excluding carboxylic acids is 1. The van der Waals surface area contributed by atoms with Crippen LogP contribution >= 0.6 is 11.8 Å². The normalized spacial score (nSPS) is 14.0. The summed E-state index contributed by atoms with van der Waals surface area (Å²) in [4.78, 5) is 19.9. The Bertz CT molecular complexity index is 656. The third kappa shape index (κ3) is 3.21. The number of ketones is 1. The zero-order valence-electron chi connectivity index (χ0n) is 12.5. The topological polar surface area (TPSA) is 45.8 Å². The van der Waals surface area contributed by atoms with E-state index < -0.39 is 0 Å². The molecular formula is C17H20N2OS. The fourth-order valence-corrected chi connectivity index (χ4v) is 3.57. The highest BCUT2D eigenvalue weighted by Gasteiger charge is 2.14. The molecule has 1 aromatic heterocycles. The summed E-state index contributed by atoms with van der Waals surface area (Å²) in [5.74, 6) is 0.616. The van der Waals surface area contributed by atoms with Crippen LogP contribution in [0.2, 0.25) is 0 Å². The van der Waals surface area contributed by atoms with E-state index in [1.807, 2.05) is 19.9 Å². The molecule has 3 rings (SSSR count). The molecule has 0 radical (unpaired) electrons. The number of rotatable bonds is 4. The second-order valence-electron chi connectivity index (χ2n) is 5.65. The number of imidazole rings is 1. The fraction of sp³-hybridized carbons (Fsp3) is 0.412. The SMILES string of the molecule is Cc1nc(SCC(=O)c2ccc3c(c2)CCCC3)[nH]c1C. The second-order valence-corrected chi connectivity index (χ2v) is 6.62. The number of aromatic nitrogens is 2. The van der Waals surface area contributed by atoms with E-state index in [0.717, 1.165) is 34.9 Å². The number of Topliss-reactive ketones (excluding diaryl/α,β-unsaturated/α-hetero) is 1. The van der Waals surface area contributed by atoms with Gasteiger partial charge >= 0.3 is 0 Å². The van der Waals surface area contributed by atoms with E-state index in [2.05, 4.69) is 22.1 Å². The van der Waals surface area contributed by atoms with Crippen molar-refractivity contribution in [2.75, 3.05) is 5.75 Å². The zero-order chi connectivity index (χ0) is 14.8. The summed E-state index contributed by atoms with van der Waals surface area (Å²) in [7, 11) is 0. The minimum atomic E-state index is 0.181. The highest BCUT2D eigenvalue weighted by atomic mass is 32.2. The number of aromatic amines is 1. The van der Waals surface area contributed by atoms with Gasteiger partial charge in [-0.15, -0.1) is 0 Å². The first-order valence-corrected chi connectivity index (χ1v) is 8.43. The number of nitrogens with one attached hydrogen (secondary N) is 1. The largest absolute Gasteiger partial charge is 0.337 e. The molecule has 1 aromatic carbocycles. The number of benzene rings is 1. The molecule has 3 nitrogen and oxygen atoms in total. The lowest BCUT2D eigenvalue weighted by atomic mass is 9.90. The number of carbonyl (C=O) groups is 1. The summed E-state index contributed by atoms with van der Waals surface area (Å²) >= 11 is 1.48. The fourth-order valence-electron chi connectivity index (χ4n) is 2.71. The molecule has 0 atom stereocenters. The molecule has 0 aliphatic heterocycles. The van der Waals surface area contributed by atoms with Crippen molar-refractivity contribution in [3.63, 3.8) is 0 Å². The van der Waals surface area contributed by atoms with Gasteiger partial charge in [-0.2, -0.15) is 0 Å². The van der Waals surface area contributed by atoms with Crippen LogP contribution in [-0.4, -0.2) is 21.5 Å². The molecular weight excluding hydrogens is 280 g/mol. The van der Waals surface area contributed by atoms with Gasteiger partial charge in [0.25, 0.3) is 0 Å². The van der Waals surface area contributed by atoms with Gasteiger partial charge in [0.05, 0.1) is 11.4 Å². The zero-order valence-corrected chi connectivity index (χ0v) is 13.3. The van der Waals surface area contributed by atoms with Crippen LogP contribution in [-0.2, 0) is 12.8 Å². The maximum absolute atomic E-state index is 12.3. The van der Waals surface area contributed by atoms with Crippen LogP contribution in [0.15, 0.2) is 23.4 Å². The molecule has 0 fully saturated rings. The molecule has 21 heavy (non-hydrogen) atoms. The van der Waals surface area contributed by atoms with Crippen LogP contribution in [0.3, 0.4) is 0 Å². The van der Waals surface area contributed by atoms with Crippen molar-refractivity contribution in [1.82, 2.24) is 9.97 Å². The van der Waals surface area contributed by atoms with E-state index in [0.29, 0.717) is 5.75 Å². The second kappa shape index (κ2) is 6.06. The van der Waals surface area contributed by atoms with Gasteiger partial charge in [0.15, 0.2) is 10.9 Å². The Morgan fingerprint density at radius 3 is 2.71 bits per heavy atom. The lowest BCUT2D eigenvalue weighted by Crippen LogP contribution is -2.07. The first-order chi connectivity index (χ1) is 10.1. The average Bonchev–Trinajstić information content (AvgIpc) is 2.83. The molecule has 110 valence electrons. The number of nitrogens with zero attached hydrogens (tertiary/aromatic N) is 1. The summed E-state index contributed by atoms with van der Waals surface area (Å²) in [6.07, 6.45) is 4.78. The maximum atomic E-state index is 12.3. The van der Waals surface area contributed by atoms with Gasteiger partial charge in [-0.3, -0.25) is 4.79 Å². The van der Waals surface area contributed by atoms with Gasteiger partial charge in [0, 0.05) is 11.3 Å². The van der Waals surface area contributed by atoms with Gasteiger partial charge in [-0.1, -0.05) is 23.9 Å². The average molecular weight is 300 g/mol. The molecule has 1 N–H and O–H groups in total. The van der Waals surface area contributed by atoms with Gasteiger partial charge in [-0.25, -0.2) is 4.98 Å². The first-order valence-electron chi connectivity index (χ1n) is 7.44. The molecule has 0 saturated heterocycles. The van der Waals surface area contributed by atoms with Crippen molar-refractivity contribution < 1.29 is 4.79 Å². The molecule has 0 spiro atoms. The maximum Gasteiger partial charge on any atom is 0.173 e. The standard InChI is InChI=1S/C17H20N2OS/c1-11-12(2)19-17(18-11)21-10-16(20)15-8-7-13-5-3-4-6-14(13)9-15/h7-9H,3-6,10H2,1-2H3,(H,18,19). The number of thioether (sulfide) groups is 1. The Kier molecular flexibility index (Phi) is 4.15. The van der Waals surface area contributed by atoms with Gasteiger partial charge in [0.2, 0.25) is 0 Å². The van der Waals surface area contributed by atoms with Crippen molar-refractivity contribution in [1.29, 1.82) is 0 Å². The minimum Gasteiger partial charge on any atom is -0.337 e. The van der Waals surface area contributed by atoms with Crippen LogP contribution in [0.4, 0.5) is 0 Å². The van der Waals surface area contributed by atoms with Crippen molar-refractivity contribution in [2.24, 2.45) is 0 Å². The van der Waals surface area contributed by atoms with Gasteiger partial charge in [-0.05, 0) is 56.7 Å². The lowest BCUT2D eigenvalue weighted by molar-refractivity contribution is 0.102. The van der Waals surface area contributed by atoms with Gasteiger partial charge in [0.1, 0.15) is 0 Å². The Balaban J connectivity index is 1.67. The quantitative estimate of drug-likeness (QED) is 0.688. The summed E-state index contributed by atoms with van der Waals surface area (Å²) in [6, 6.07) is 6.20. The molecule has 1 aliphatic carbocycles. The van der Waals surface area contributed by atoms with E-state index in [-0.39, 0.29) is 5.78 Å². The van der Waals surface area contributed by atoms with Crippen LogP contribution in [0.1, 0.15) is 45.7 Å². The van der Waals surface area contributed by atoms with Crippen molar-refractivity contribution in [3.8, 4) is 0 Å². The van der Waals surface area contributed by atoms with Gasteiger partial charge < -0.3 is 4.98 Å². The summed E-state index contributed by atoms with van der Waals surface area (Å²) in [5.41, 5.74) is 5.69. The van der Waals surface area contributed by atoms with Crippen LogP contribution in [0, 0.1) is 13.8 Å². The van der Waals surface area contributed by atoms with Crippen molar-refractivity contribution in [2.45, 2.75) is 44.7 Å². The van der Waals surface area contributed by atoms with Crippen LogP contribution < -0.4 is 0 Å². The summed E-state index contributed by atoms with van der Waals surface area (Å²) < 4.78 is 0. The molecule has 2 aromatic rings. The summed E-state index contributed by atoms with van der Waals surface area (Å²) in [5, 5.41) is 0.830. The summed E-state index contributed by atoms with van der Waals surface area (Å²) in [6.45, 7) is 3.97. The number of aryl methyl sites for hydroxylation is 4. The van der Waals surface area contributed by atoms with Crippen molar-refractivity contribution >= 4 is 17.5 Å². The Labute approximate surface area is 129 Å². The molecule has 0 saturated carbocycles. The molecule has 1 aliphatic rings. The minimum absolute atomic E-state index is 0.181. The highest BCUT2D eigenvalue weighted by Crippen LogP contribution is 2.24. The van der Waals surface area contributed by atoms with E-state index >= 15 is 0 Å². The molecule has 0 amide bonds. The predicted molar refractivity (Wildman–Crippen MR) is 86.2 cm³/mol. The van der Waals surface area contributed by atoms with Crippen LogP contribution in [0.25, 0.3) is 0 Å². The number of hydrogen-bond acceptors (Lipinski definition) is 3. The number of hydrogen-bond donors (Lipinski definition) is 1. The first kappa shape index (κ1) is 14.4. The highest BCUT2D eigenvalue weighted by molar-refractivity contribution is 7.99. The molecule has 1 heterocycles. The number of fused-ring (bicyclic) bond motifs is 1. The van der Waals surface area contributed by atoms with E-state index in [1.165, 1.54) is 35.7 Å². The van der Waals surface area contributed by atoms with E-state index in [4.69, 9.17) is 0 Å². The number of H-pyrrole nitrogens is 1. The monoisotopic (exact) mass is 300 g/mol. The smallest absolute Gasteiger partial charge is 0.173 e. The van der Waals surface area contributed by atoms with Crippen molar-refractivity contribution in [3.05, 3.63) is 46.3 Å². The molecule has 0 unspecified atom stereocenters. The third-order valence-corrected chi connectivity index (χ3v) is 4.99. The Morgan fingerprint density at radius 1 is 1.24 bits per heavy atom. The molecule has 0 bridgehead atoms. The van der Waals surface area contributed by atoms with E-state index in [9.17, 15) is 4.79 Å². The van der Waals surface area contributed by atoms with Crippen LogP contribution in [0.5, 0.6) is 0 Å². The predicted octanol–water partition coefficient (Wildman–Crippen LogP) is 3.88.